The molecule has 0 radical (unpaired) electrons. The molecule has 11 rings (SSSR count). The van der Waals surface area contributed by atoms with E-state index in [1.165, 1.54) is 65.3 Å². The van der Waals surface area contributed by atoms with E-state index in [0.29, 0.717) is 0 Å². The fourth-order valence-electron chi connectivity index (χ4n) is 8.32. The minimum absolute atomic E-state index is 0.863. The van der Waals surface area contributed by atoms with Crippen molar-refractivity contribution in [3.63, 3.8) is 0 Å². The lowest BCUT2D eigenvalue weighted by atomic mass is 9.97. The molecule has 1 aromatic heterocycles. The smallest absolute Gasteiger partial charge is 0.159 e. The van der Waals surface area contributed by atoms with Crippen molar-refractivity contribution in [1.82, 2.24) is 0 Å². The predicted molar refractivity (Wildman–Crippen MR) is 229 cm³/mol. The Morgan fingerprint density at radius 3 is 1.65 bits per heavy atom. The van der Waals surface area contributed by atoms with E-state index in [9.17, 15) is 0 Å². The lowest BCUT2D eigenvalue weighted by Gasteiger charge is -2.26. The van der Waals surface area contributed by atoms with Crippen molar-refractivity contribution in [2.45, 2.75) is 0 Å². The standard InChI is InChI=1S/C52H33NO/c1-2-9-34(10-3-1)40-25-30-51-49(32-40)47-15-8-16-50(52(47)54-51)53(43-28-23-38-18-17-37-12-5-7-14-45(37)48(38)33-43)42-26-21-35(22-27-42)39-24-29-46-41(31-39)20-19-36-11-4-6-13-44(36)46/h1-33H. The quantitative estimate of drug-likeness (QED) is 0.168. The number of anilines is 3. The third-order valence-electron chi connectivity index (χ3n) is 11.0. The summed E-state index contributed by atoms with van der Waals surface area (Å²) in [4.78, 5) is 2.35. The summed E-state index contributed by atoms with van der Waals surface area (Å²) in [5.74, 6) is 0. The minimum atomic E-state index is 0.863. The number of hydrogen-bond acceptors (Lipinski definition) is 2. The zero-order valence-corrected chi connectivity index (χ0v) is 29.4. The second kappa shape index (κ2) is 12.2. The van der Waals surface area contributed by atoms with Crippen LogP contribution in [0.15, 0.2) is 205 Å². The molecule has 0 amide bonds. The molecule has 54 heavy (non-hydrogen) atoms. The molecule has 0 N–H and O–H groups in total. The van der Waals surface area contributed by atoms with E-state index in [0.717, 1.165) is 39.0 Å². The zero-order valence-electron chi connectivity index (χ0n) is 29.4. The Morgan fingerprint density at radius 1 is 0.296 bits per heavy atom. The number of furan rings is 1. The van der Waals surface area contributed by atoms with Crippen LogP contribution < -0.4 is 4.90 Å². The molecule has 0 saturated heterocycles. The van der Waals surface area contributed by atoms with Gasteiger partial charge in [-0.1, -0.05) is 152 Å². The summed E-state index contributed by atoms with van der Waals surface area (Å²) < 4.78 is 6.78. The van der Waals surface area contributed by atoms with E-state index in [1.54, 1.807) is 0 Å². The van der Waals surface area contributed by atoms with Gasteiger partial charge in [-0.15, -0.1) is 0 Å². The van der Waals surface area contributed by atoms with Crippen LogP contribution in [-0.2, 0) is 0 Å². The molecule has 0 aliphatic heterocycles. The third-order valence-corrected chi connectivity index (χ3v) is 11.0. The van der Waals surface area contributed by atoms with Crippen molar-refractivity contribution < 1.29 is 4.42 Å². The average Bonchev–Trinajstić information content (AvgIpc) is 3.63. The van der Waals surface area contributed by atoms with Crippen LogP contribution >= 0.6 is 0 Å². The van der Waals surface area contributed by atoms with Crippen LogP contribution in [0.5, 0.6) is 0 Å². The van der Waals surface area contributed by atoms with E-state index < -0.39 is 0 Å². The number of para-hydroxylation sites is 1. The minimum Gasteiger partial charge on any atom is -0.454 e. The van der Waals surface area contributed by atoms with Crippen molar-refractivity contribution in [2.24, 2.45) is 0 Å². The van der Waals surface area contributed by atoms with Crippen molar-refractivity contribution in [3.8, 4) is 22.3 Å². The van der Waals surface area contributed by atoms with E-state index in [2.05, 4.69) is 205 Å². The van der Waals surface area contributed by atoms with Gasteiger partial charge in [-0.3, -0.25) is 0 Å². The maximum atomic E-state index is 6.78. The first-order chi connectivity index (χ1) is 26.7. The molecule has 252 valence electrons. The fourth-order valence-corrected chi connectivity index (χ4v) is 8.32. The number of nitrogens with zero attached hydrogens (tertiary/aromatic N) is 1. The Labute approximate surface area is 312 Å². The van der Waals surface area contributed by atoms with Crippen LogP contribution in [0.3, 0.4) is 0 Å². The van der Waals surface area contributed by atoms with Crippen LogP contribution in [0.1, 0.15) is 0 Å². The average molecular weight is 688 g/mol. The van der Waals surface area contributed by atoms with Gasteiger partial charge in [0.2, 0.25) is 0 Å². The highest BCUT2D eigenvalue weighted by atomic mass is 16.3. The molecule has 10 aromatic carbocycles. The van der Waals surface area contributed by atoms with Crippen LogP contribution in [0.4, 0.5) is 17.1 Å². The Bertz CT molecular complexity index is 3210. The first-order valence-electron chi connectivity index (χ1n) is 18.5. The van der Waals surface area contributed by atoms with Gasteiger partial charge in [0, 0.05) is 22.1 Å². The summed E-state index contributed by atoms with van der Waals surface area (Å²) in [6.45, 7) is 0. The van der Waals surface area contributed by atoms with Gasteiger partial charge >= 0.3 is 0 Å². The third kappa shape index (κ3) is 4.96. The molecule has 2 heteroatoms. The molecule has 2 nitrogen and oxygen atoms in total. The Kier molecular flexibility index (Phi) is 6.90. The first-order valence-corrected chi connectivity index (χ1v) is 18.5. The largest absolute Gasteiger partial charge is 0.454 e. The van der Waals surface area contributed by atoms with Gasteiger partial charge in [-0.05, 0) is 114 Å². The highest BCUT2D eigenvalue weighted by Gasteiger charge is 2.20. The van der Waals surface area contributed by atoms with Gasteiger partial charge in [0.05, 0.1) is 5.69 Å². The molecule has 0 saturated carbocycles. The van der Waals surface area contributed by atoms with E-state index in [-0.39, 0.29) is 0 Å². The van der Waals surface area contributed by atoms with Crippen LogP contribution in [0, 0.1) is 0 Å². The molecule has 0 bridgehead atoms. The van der Waals surface area contributed by atoms with Gasteiger partial charge in [-0.25, -0.2) is 0 Å². The summed E-state index contributed by atoms with van der Waals surface area (Å²) in [7, 11) is 0. The van der Waals surface area contributed by atoms with Gasteiger partial charge in [0.15, 0.2) is 5.58 Å². The maximum absolute atomic E-state index is 6.78. The summed E-state index contributed by atoms with van der Waals surface area (Å²) in [5, 5.41) is 12.2. The van der Waals surface area contributed by atoms with Crippen LogP contribution in [0.2, 0.25) is 0 Å². The van der Waals surface area contributed by atoms with Gasteiger partial charge in [0.25, 0.3) is 0 Å². The lowest BCUT2D eigenvalue weighted by molar-refractivity contribution is 0.669. The molecular formula is C52H33NO. The number of benzene rings is 10. The second-order valence-electron chi connectivity index (χ2n) is 14.1. The van der Waals surface area contributed by atoms with Crippen molar-refractivity contribution in [1.29, 1.82) is 0 Å². The molecule has 11 aromatic rings. The van der Waals surface area contributed by atoms with E-state index in [1.807, 2.05) is 0 Å². The Morgan fingerprint density at radius 2 is 0.852 bits per heavy atom. The van der Waals surface area contributed by atoms with E-state index in [4.69, 9.17) is 4.42 Å². The summed E-state index contributed by atoms with van der Waals surface area (Å²) in [5.41, 5.74) is 9.60. The normalized spacial score (nSPS) is 11.7. The topological polar surface area (TPSA) is 16.4 Å². The number of fused-ring (bicyclic) bond motifs is 9. The van der Waals surface area contributed by atoms with Crippen LogP contribution in [-0.4, -0.2) is 0 Å². The van der Waals surface area contributed by atoms with Gasteiger partial charge < -0.3 is 9.32 Å². The van der Waals surface area contributed by atoms with E-state index >= 15 is 0 Å². The second-order valence-corrected chi connectivity index (χ2v) is 14.1. The highest BCUT2D eigenvalue weighted by molar-refractivity contribution is 6.13. The summed E-state index contributed by atoms with van der Waals surface area (Å²) in [6, 6.07) is 72.3. The van der Waals surface area contributed by atoms with Gasteiger partial charge in [-0.2, -0.15) is 0 Å². The Hall–Kier alpha value is -7.16. The molecule has 1 heterocycles. The first kappa shape index (κ1) is 30.5. The maximum Gasteiger partial charge on any atom is 0.159 e. The highest BCUT2D eigenvalue weighted by Crippen LogP contribution is 2.44. The molecule has 0 unspecified atom stereocenters. The fraction of sp³-hybridized carbons (Fsp3) is 0. The lowest BCUT2D eigenvalue weighted by Crippen LogP contribution is -2.10. The number of hydrogen-bond donors (Lipinski definition) is 0. The van der Waals surface area contributed by atoms with Crippen LogP contribution in [0.25, 0.3) is 87.3 Å². The molecule has 0 fully saturated rings. The summed E-state index contributed by atoms with van der Waals surface area (Å²) in [6.07, 6.45) is 0. The molecule has 0 atom stereocenters. The van der Waals surface area contributed by atoms with Crippen molar-refractivity contribution in [2.75, 3.05) is 4.90 Å². The number of rotatable bonds is 5. The molecule has 0 aliphatic rings. The predicted octanol–water partition coefficient (Wildman–Crippen LogP) is 15.0. The molecule has 0 spiro atoms. The Balaban J connectivity index is 1.08. The SMILES string of the molecule is c1ccc(-c2ccc3oc4c(N(c5ccc(-c6ccc7c(ccc8ccccc87)c6)cc5)c5ccc6ccc7ccccc7c6c5)cccc4c3c2)cc1. The monoisotopic (exact) mass is 687 g/mol. The summed E-state index contributed by atoms with van der Waals surface area (Å²) >= 11 is 0. The van der Waals surface area contributed by atoms with Gasteiger partial charge in [0.1, 0.15) is 5.58 Å². The van der Waals surface area contributed by atoms with Crippen molar-refractivity contribution in [3.05, 3.63) is 200 Å². The zero-order chi connectivity index (χ0) is 35.6. The van der Waals surface area contributed by atoms with Crippen molar-refractivity contribution >= 4 is 82.1 Å². The molecule has 0 aliphatic carbocycles. The molecular weight excluding hydrogens is 655 g/mol.